The van der Waals surface area contributed by atoms with Gasteiger partial charge in [0.1, 0.15) is 23.5 Å². The number of halogens is 1. The van der Waals surface area contributed by atoms with Crippen LogP contribution in [-0.4, -0.2) is 57.4 Å². The van der Waals surface area contributed by atoms with Crippen LogP contribution in [0.25, 0.3) is 5.65 Å². The van der Waals surface area contributed by atoms with Gasteiger partial charge in [0.05, 0.1) is 12.2 Å². The minimum absolute atomic E-state index is 0.252. The zero-order valence-corrected chi connectivity index (χ0v) is 16.2. The van der Waals surface area contributed by atoms with E-state index < -0.39 is 12.2 Å². The number of aryl methyl sites for hydroxylation is 1. The lowest BCUT2D eigenvalue weighted by atomic mass is 10.0. The van der Waals surface area contributed by atoms with E-state index in [9.17, 15) is 9.18 Å². The average Bonchev–Trinajstić information content (AvgIpc) is 3.04. The Kier molecular flexibility index (Phi) is 4.76. The van der Waals surface area contributed by atoms with Crippen molar-refractivity contribution in [2.24, 2.45) is 0 Å². The summed E-state index contributed by atoms with van der Waals surface area (Å²) in [4.78, 5) is 19.5. The molecule has 3 aromatic rings. The third-order valence-corrected chi connectivity index (χ3v) is 5.21. The maximum absolute atomic E-state index is 14.6. The number of aromatic nitrogens is 4. The summed E-state index contributed by atoms with van der Waals surface area (Å²) in [6.07, 6.45) is 2.92. The van der Waals surface area contributed by atoms with E-state index in [0.717, 1.165) is 17.9 Å². The minimum Gasteiger partial charge on any atom is -0.373 e. The van der Waals surface area contributed by atoms with Crippen molar-refractivity contribution < 1.29 is 4.39 Å². The van der Waals surface area contributed by atoms with Crippen molar-refractivity contribution in [3.8, 4) is 0 Å². The molecule has 1 fully saturated rings. The van der Waals surface area contributed by atoms with Gasteiger partial charge in [0.15, 0.2) is 5.65 Å². The van der Waals surface area contributed by atoms with Crippen LogP contribution in [0, 0.1) is 6.92 Å². The van der Waals surface area contributed by atoms with E-state index in [1.54, 1.807) is 42.2 Å². The summed E-state index contributed by atoms with van der Waals surface area (Å²) >= 11 is 0. The molecule has 4 rings (SSSR count). The van der Waals surface area contributed by atoms with E-state index in [1.807, 2.05) is 18.9 Å². The molecule has 9 heteroatoms. The molecule has 2 N–H and O–H groups in total. The molecule has 28 heavy (non-hydrogen) atoms. The molecular formula is C19H24FN7O. The van der Waals surface area contributed by atoms with Gasteiger partial charge in [0.2, 0.25) is 0 Å². The highest BCUT2D eigenvalue weighted by molar-refractivity contribution is 5.64. The van der Waals surface area contributed by atoms with Crippen molar-refractivity contribution in [2.75, 3.05) is 37.8 Å². The molecule has 8 nitrogen and oxygen atoms in total. The van der Waals surface area contributed by atoms with Crippen LogP contribution >= 0.6 is 0 Å². The number of anilines is 3. The number of likely N-dealkylation sites (tertiary alicyclic amines) is 1. The number of alkyl halides is 1. The van der Waals surface area contributed by atoms with Crippen LogP contribution in [0.4, 0.5) is 21.7 Å². The Morgan fingerprint density at radius 1 is 1.36 bits per heavy atom. The molecule has 0 aliphatic carbocycles. The van der Waals surface area contributed by atoms with Crippen LogP contribution in [0.5, 0.6) is 0 Å². The average molecular weight is 385 g/mol. The molecule has 3 aromatic heterocycles. The first kappa shape index (κ1) is 18.4. The SMILES string of the molecule is CNc1cc(Nc2cccn(C3CCN(C)CC3F)c2=O)nc2c(C)cnn12. The van der Waals surface area contributed by atoms with Gasteiger partial charge >= 0.3 is 0 Å². The fourth-order valence-corrected chi connectivity index (χ4v) is 3.68. The third kappa shape index (κ3) is 3.22. The zero-order valence-electron chi connectivity index (χ0n) is 16.2. The lowest BCUT2D eigenvalue weighted by molar-refractivity contribution is 0.105. The second-order valence-electron chi connectivity index (χ2n) is 7.23. The monoisotopic (exact) mass is 385 g/mol. The molecule has 0 spiro atoms. The van der Waals surface area contributed by atoms with E-state index in [0.29, 0.717) is 30.1 Å². The second kappa shape index (κ2) is 7.23. The van der Waals surface area contributed by atoms with Crippen molar-refractivity contribution in [1.82, 2.24) is 24.1 Å². The maximum Gasteiger partial charge on any atom is 0.274 e. The first-order valence-electron chi connectivity index (χ1n) is 9.32. The maximum atomic E-state index is 14.6. The summed E-state index contributed by atoms with van der Waals surface area (Å²) in [5.41, 5.74) is 1.74. The number of hydrogen-bond donors (Lipinski definition) is 2. The van der Waals surface area contributed by atoms with Gasteiger partial charge in [0.25, 0.3) is 5.56 Å². The number of nitrogens with one attached hydrogen (secondary N) is 2. The Hall–Kier alpha value is -2.94. The van der Waals surface area contributed by atoms with E-state index in [2.05, 4.69) is 20.7 Å². The Morgan fingerprint density at radius 2 is 2.18 bits per heavy atom. The number of nitrogens with zero attached hydrogens (tertiary/aromatic N) is 5. The summed E-state index contributed by atoms with van der Waals surface area (Å²) in [7, 11) is 3.69. The molecule has 0 bridgehead atoms. The van der Waals surface area contributed by atoms with Crippen LogP contribution in [-0.2, 0) is 0 Å². The smallest absolute Gasteiger partial charge is 0.274 e. The van der Waals surface area contributed by atoms with Crippen molar-refractivity contribution in [1.29, 1.82) is 0 Å². The molecule has 0 radical (unpaired) electrons. The number of rotatable bonds is 4. The Bertz CT molecular complexity index is 1060. The Balaban J connectivity index is 1.69. The van der Waals surface area contributed by atoms with Gasteiger partial charge < -0.3 is 20.1 Å². The molecular weight excluding hydrogens is 361 g/mol. The molecule has 0 amide bonds. The van der Waals surface area contributed by atoms with E-state index in [-0.39, 0.29) is 5.56 Å². The van der Waals surface area contributed by atoms with Crippen LogP contribution in [0.1, 0.15) is 18.0 Å². The van der Waals surface area contributed by atoms with Gasteiger partial charge in [-0.3, -0.25) is 4.79 Å². The van der Waals surface area contributed by atoms with Crippen molar-refractivity contribution in [3.63, 3.8) is 0 Å². The highest BCUT2D eigenvalue weighted by atomic mass is 19.1. The summed E-state index contributed by atoms with van der Waals surface area (Å²) < 4.78 is 17.8. The molecule has 2 atom stereocenters. The summed E-state index contributed by atoms with van der Waals surface area (Å²) in [6.45, 7) is 3.02. The fourth-order valence-electron chi connectivity index (χ4n) is 3.68. The number of pyridine rings is 1. The topological polar surface area (TPSA) is 79.5 Å². The fraction of sp³-hybridized carbons (Fsp3) is 0.421. The quantitative estimate of drug-likeness (QED) is 0.717. The summed E-state index contributed by atoms with van der Waals surface area (Å²) in [5.74, 6) is 1.27. The van der Waals surface area contributed by atoms with Gasteiger partial charge in [-0.1, -0.05) is 0 Å². The van der Waals surface area contributed by atoms with Gasteiger partial charge in [-0.05, 0) is 32.5 Å². The van der Waals surface area contributed by atoms with E-state index in [4.69, 9.17) is 0 Å². The normalized spacial score (nSPS) is 20.4. The minimum atomic E-state index is -1.08. The third-order valence-electron chi connectivity index (χ3n) is 5.21. The van der Waals surface area contributed by atoms with Crippen molar-refractivity contribution >= 4 is 23.0 Å². The predicted molar refractivity (Wildman–Crippen MR) is 107 cm³/mol. The highest BCUT2D eigenvalue weighted by Gasteiger charge is 2.29. The van der Waals surface area contributed by atoms with Crippen molar-refractivity contribution in [3.05, 3.63) is 46.5 Å². The van der Waals surface area contributed by atoms with E-state index in [1.165, 1.54) is 4.57 Å². The highest BCUT2D eigenvalue weighted by Crippen LogP contribution is 2.25. The zero-order chi connectivity index (χ0) is 19.8. The molecule has 0 saturated carbocycles. The number of piperidine rings is 1. The summed E-state index contributed by atoms with van der Waals surface area (Å²) in [6, 6.07) is 4.78. The lowest BCUT2D eigenvalue weighted by Gasteiger charge is -2.33. The van der Waals surface area contributed by atoms with E-state index >= 15 is 0 Å². The van der Waals surface area contributed by atoms with Crippen LogP contribution in [0.3, 0.4) is 0 Å². The van der Waals surface area contributed by atoms with Crippen LogP contribution in [0.15, 0.2) is 35.4 Å². The number of hydrogen-bond acceptors (Lipinski definition) is 6. The Morgan fingerprint density at radius 3 is 2.93 bits per heavy atom. The molecule has 4 heterocycles. The van der Waals surface area contributed by atoms with Gasteiger partial charge in [-0.15, -0.1) is 0 Å². The standard InChI is InChI=1S/C19H24FN7O/c1-12-10-22-27-17(21-2)9-16(24-18(12)27)23-14-5-4-7-26(19(14)28)15-6-8-25(3)11-13(15)20/h4-5,7,9-10,13,15,21H,6,8,11H2,1-3H3,(H,23,24). The summed E-state index contributed by atoms with van der Waals surface area (Å²) in [5, 5.41) is 10.5. The second-order valence-corrected chi connectivity index (χ2v) is 7.23. The molecule has 1 aliphatic heterocycles. The predicted octanol–water partition coefficient (Wildman–Crippen LogP) is 2.20. The lowest BCUT2D eigenvalue weighted by Crippen LogP contribution is -2.43. The van der Waals surface area contributed by atoms with Gasteiger partial charge in [-0.25, -0.2) is 9.37 Å². The first-order valence-corrected chi connectivity index (χ1v) is 9.32. The molecule has 1 aliphatic rings. The number of fused-ring (bicyclic) bond motifs is 1. The van der Waals surface area contributed by atoms with Crippen LogP contribution < -0.4 is 16.2 Å². The Labute approximate surface area is 162 Å². The first-order chi connectivity index (χ1) is 13.5. The molecule has 2 unspecified atom stereocenters. The van der Waals surface area contributed by atoms with Gasteiger partial charge in [-0.2, -0.15) is 9.61 Å². The van der Waals surface area contributed by atoms with Gasteiger partial charge in [0, 0.05) is 38.0 Å². The molecule has 0 aromatic carbocycles. The largest absolute Gasteiger partial charge is 0.373 e. The molecule has 148 valence electrons. The van der Waals surface area contributed by atoms with Crippen molar-refractivity contribution in [2.45, 2.75) is 25.6 Å². The molecule has 1 saturated heterocycles. The van der Waals surface area contributed by atoms with Crippen LogP contribution in [0.2, 0.25) is 0 Å².